The monoisotopic (exact) mass is 498 g/mol. The average molecular weight is 499 g/mol. The van der Waals surface area contributed by atoms with Gasteiger partial charge in [0.25, 0.3) is 0 Å². The molecule has 0 bridgehead atoms. The molecule has 4 N–H and O–H groups in total. The molecule has 1 aromatic heterocycles. The average Bonchev–Trinajstić information content (AvgIpc) is 3.33. The van der Waals surface area contributed by atoms with Crippen LogP contribution in [0.2, 0.25) is 0 Å². The molecule has 6 rings (SSSR count). The number of carbonyl (C=O) groups is 1. The molecule has 4 atom stereocenters. The molecule has 8 nitrogen and oxygen atoms in total. The highest BCUT2D eigenvalue weighted by atomic mass is 32.1. The summed E-state index contributed by atoms with van der Waals surface area (Å²) in [5.74, 6) is 0.217. The highest BCUT2D eigenvalue weighted by molar-refractivity contribution is 7.18. The number of aromatic nitrogens is 1. The molecule has 2 aromatic rings. The first kappa shape index (κ1) is 23.8. The molecule has 0 aliphatic carbocycles. The summed E-state index contributed by atoms with van der Waals surface area (Å²) in [6.45, 7) is 6.01. The molecule has 1 amide bonds. The first-order valence-corrected chi connectivity index (χ1v) is 14.3. The van der Waals surface area contributed by atoms with E-state index < -0.39 is 0 Å². The Hall–Kier alpha value is -1.62. The lowest BCUT2D eigenvalue weighted by atomic mass is 9.89. The number of nitrogens with one attached hydrogen (secondary N) is 4. The number of nitrogens with zero attached hydrogens (tertiary/aromatic N) is 2. The fraction of sp³-hybridized carbons (Fsp3) is 0.692. The third-order valence-corrected chi connectivity index (χ3v) is 9.43. The van der Waals surface area contributed by atoms with Gasteiger partial charge in [-0.25, -0.2) is 4.98 Å². The predicted molar refractivity (Wildman–Crippen MR) is 138 cm³/mol. The maximum Gasteiger partial charge on any atom is 0.234 e. The summed E-state index contributed by atoms with van der Waals surface area (Å²) in [5.41, 5.74) is 0.973. The van der Waals surface area contributed by atoms with Gasteiger partial charge in [-0.3, -0.25) is 15.4 Å². The summed E-state index contributed by atoms with van der Waals surface area (Å²) < 4.78 is 6.69. The standard InChI is InChI=1S/C26H38N6O2S/c33-25-22(26-29-20-5-1-2-6-21(20)35-26)24(28-18-4-3-11-27-16-18)30-23(31-25)17-7-12-32(13-8-17)19-9-14-34-15-10-19/h1-2,5-6,17-19,22-24,27-28,30H,3-4,7-16H2,(H,31,33)/t18-,22?,23?,24?/m1/s1. The number of piperidine rings is 2. The minimum atomic E-state index is -0.326. The molecule has 4 aliphatic heterocycles. The van der Waals surface area contributed by atoms with E-state index in [0.717, 1.165) is 93.1 Å². The van der Waals surface area contributed by atoms with Crippen LogP contribution in [-0.2, 0) is 9.53 Å². The SMILES string of the molecule is O=C1NC(C2CCN(C3CCOCC3)CC2)NC(N[C@@H]2CCCNC2)C1c1nc2ccccc2s1. The van der Waals surface area contributed by atoms with E-state index in [0.29, 0.717) is 18.0 Å². The second-order valence-electron chi connectivity index (χ2n) is 10.6. The van der Waals surface area contributed by atoms with Crippen molar-refractivity contribution in [2.24, 2.45) is 5.92 Å². The van der Waals surface area contributed by atoms with Crippen molar-refractivity contribution in [1.82, 2.24) is 31.2 Å². The van der Waals surface area contributed by atoms with Crippen molar-refractivity contribution in [3.8, 4) is 0 Å². The molecule has 190 valence electrons. The number of para-hydroxylation sites is 1. The van der Waals surface area contributed by atoms with Gasteiger partial charge in [-0.15, -0.1) is 11.3 Å². The van der Waals surface area contributed by atoms with Crippen LogP contribution in [0, 0.1) is 5.92 Å². The Morgan fingerprint density at radius 1 is 1.09 bits per heavy atom. The molecule has 3 unspecified atom stereocenters. The van der Waals surface area contributed by atoms with E-state index in [2.05, 4.69) is 32.2 Å². The Morgan fingerprint density at radius 3 is 2.69 bits per heavy atom. The van der Waals surface area contributed by atoms with Crippen LogP contribution in [0.5, 0.6) is 0 Å². The van der Waals surface area contributed by atoms with E-state index >= 15 is 0 Å². The van der Waals surface area contributed by atoms with Gasteiger partial charge in [-0.05, 0) is 76.2 Å². The Bertz CT molecular complexity index is 964. The maximum absolute atomic E-state index is 13.6. The fourth-order valence-corrected chi connectivity index (χ4v) is 7.42. The van der Waals surface area contributed by atoms with E-state index in [4.69, 9.17) is 9.72 Å². The van der Waals surface area contributed by atoms with Gasteiger partial charge >= 0.3 is 0 Å². The minimum Gasteiger partial charge on any atom is -0.381 e. The van der Waals surface area contributed by atoms with Crippen molar-refractivity contribution in [2.75, 3.05) is 39.4 Å². The smallest absolute Gasteiger partial charge is 0.234 e. The van der Waals surface area contributed by atoms with Crippen molar-refractivity contribution in [1.29, 1.82) is 0 Å². The molecule has 1 aromatic carbocycles. The normalized spacial score (nSPS) is 32.1. The third kappa shape index (κ3) is 5.26. The van der Waals surface area contributed by atoms with Gasteiger partial charge in [-0.2, -0.15) is 0 Å². The molecular weight excluding hydrogens is 460 g/mol. The molecule has 4 saturated heterocycles. The number of likely N-dealkylation sites (tertiary alicyclic amines) is 1. The molecule has 5 heterocycles. The van der Waals surface area contributed by atoms with E-state index in [9.17, 15) is 4.79 Å². The number of hydrogen-bond donors (Lipinski definition) is 4. The number of hydrogen-bond acceptors (Lipinski definition) is 8. The lowest BCUT2D eigenvalue weighted by molar-refractivity contribution is -0.128. The summed E-state index contributed by atoms with van der Waals surface area (Å²) in [6, 6.07) is 9.20. The van der Waals surface area contributed by atoms with Crippen LogP contribution in [0.4, 0.5) is 0 Å². The summed E-state index contributed by atoms with van der Waals surface area (Å²) in [5, 5.41) is 15.4. The predicted octanol–water partition coefficient (Wildman–Crippen LogP) is 1.98. The fourth-order valence-electron chi connectivity index (χ4n) is 6.32. The van der Waals surface area contributed by atoms with E-state index in [-0.39, 0.29) is 24.2 Å². The van der Waals surface area contributed by atoms with Crippen LogP contribution in [0.25, 0.3) is 10.2 Å². The van der Waals surface area contributed by atoms with Crippen molar-refractivity contribution in [3.63, 3.8) is 0 Å². The summed E-state index contributed by atoms with van der Waals surface area (Å²) in [6.07, 6.45) is 6.69. The molecule has 9 heteroatoms. The number of fused-ring (bicyclic) bond motifs is 1. The van der Waals surface area contributed by atoms with Gasteiger partial charge in [-0.1, -0.05) is 12.1 Å². The first-order chi connectivity index (χ1) is 17.2. The number of ether oxygens (including phenoxy) is 1. The summed E-state index contributed by atoms with van der Waals surface area (Å²) in [4.78, 5) is 21.1. The highest BCUT2D eigenvalue weighted by Gasteiger charge is 2.43. The number of thiazole rings is 1. The Morgan fingerprint density at radius 2 is 1.91 bits per heavy atom. The van der Waals surface area contributed by atoms with Crippen LogP contribution in [-0.4, -0.2) is 79.6 Å². The van der Waals surface area contributed by atoms with Gasteiger partial charge in [0.15, 0.2) is 0 Å². The van der Waals surface area contributed by atoms with Crippen molar-refractivity contribution < 1.29 is 9.53 Å². The second kappa shape index (κ2) is 10.8. The molecular formula is C26H38N6O2S. The molecule has 4 fully saturated rings. The zero-order chi connectivity index (χ0) is 23.6. The molecule has 0 radical (unpaired) electrons. The molecule has 0 saturated carbocycles. The summed E-state index contributed by atoms with van der Waals surface area (Å²) in [7, 11) is 0. The van der Waals surface area contributed by atoms with Gasteiger partial charge in [0.2, 0.25) is 5.91 Å². The van der Waals surface area contributed by atoms with Crippen LogP contribution in [0.1, 0.15) is 49.5 Å². The third-order valence-electron chi connectivity index (χ3n) is 8.31. The lowest BCUT2D eigenvalue weighted by Crippen LogP contribution is -2.69. The van der Waals surface area contributed by atoms with Gasteiger partial charge < -0.3 is 20.3 Å². The topological polar surface area (TPSA) is 90.6 Å². The second-order valence-corrected chi connectivity index (χ2v) is 11.6. The Labute approximate surface area is 211 Å². The molecule has 35 heavy (non-hydrogen) atoms. The van der Waals surface area contributed by atoms with E-state index in [1.165, 1.54) is 0 Å². The van der Waals surface area contributed by atoms with Crippen molar-refractivity contribution in [3.05, 3.63) is 29.3 Å². The summed E-state index contributed by atoms with van der Waals surface area (Å²) >= 11 is 1.64. The van der Waals surface area contributed by atoms with Gasteiger partial charge in [0.1, 0.15) is 10.9 Å². The van der Waals surface area contributed by atoms with Gasteiger partial charge in [0.05, 0.1) is 22.5 Å². The van der Waals surface area contributed by atoms with Crippen molar-refractivity contribution in [2.45, 2.75) is 68.9 Å². The Balaban J connectivity index is 1.17. The zero-order valence-electron chi connectivity index (χ0n) is 20.4. The quantitative estimate of drug-likeness (QED) is 0.501. The maximum atomic E-state index is 13.6. The van der Waals surface area contributed by atoms with Crippen LogP contribution in [0.15, 0.2) is 24.3 Å². The zero-order valence-corrected chi connectivity index (χ0v) is 21.2. The van der Waals surface area contributed by atoms with E-state index in [1.54, 1.807) is 11.3 Å². The van der Waals surface area contributed by atoms with Crippen LogP contribution < -0.4 is 21.3 Å². The highest BCUT2D eigenvalue weighted by Crippen LogP contribution is 2.33. The Kier molecular flexibility index (Phi) is 7.32. The lowest BCUT2D eigenvalue weighted by Gasteiger charge is -2.45. The number of carbonyl (C=O) groups excluding carboxylic acids is 1. The van der Waals surface area contributed by atoms with Crippen LogP contribution >= 0.6 is 11.3 Å². The number of rotatable bonds is 5. The number of amides is 1. The largest absolute Gasteiger partial charge is 0.381 e. The molecule has 4 aliphatic rings. The van der Waals surface area contributed by atoms with Crippen molar-refractivity contribution >= 4 is 27.5 Å². The van der Waals surface area contributed by atoms with Gasteiger partial charge in [0, 0.05) is 31.8 Å². The molecule has 0 spiro atoms. The minimum absolute atomic E-state index is 0.000910. The van der Waals surface area contributed by atoms with E-state index in [1.807, 2.05) is 18.2 Å². The van der Waals surface area contributed by atoms with Crippen LogP contribution in [0.3, 0.4) is 0 Å². The number of benzene rings is 1. The first-order valence-electron chi connectivity index (χ1n) is 13.4.